The monoisotopic (exact) mass is 552 g/mol. The molecule has 1 heterocycles. The first-order valence-corrected chi connectivity index (χ1v) is 10.2. The van der Waals surface area contributed by atoms with Crippen molar-refractivity contribution >= 4 is 29.9 Å². The number of aliphatic hydroxyl groups excluding tert-OH is 1. The van der Waals surface area contributed by atoms with E-state index in [0.717, 1.165) is 23.4 Å². The summed E-state index contributed by atoms with van der Waals surface area (Å²) < 4.78 is 16.4. The molecule has 0 fully saturated rings. The van der Waals surface area contributed by atoms with Gasteiger partial charge in [0.2, 0.25) is 5.89 Å². The molecule has 0 spiro atoms. The molecule has 3 aromatic rings. The molecule has 0 aliphatic heterocycles. The second-order valence-electron chi connectivity index (χ2n) is 6.62. The van der Waals surface area contributed by atoms with E-state index in [9.17, 15) is 0 Å². The molecule has 9 heteroatoms. The van der Waals surface area contributed by atoms with Crippen LogP contribution >= 0.6 is 24.0 Å². The normalized spacial score (nSPS) is 10.9. The number of oxazole rings is 1. The maximum atomic E-state index is 8.93. The van der Waals surface area contributed by atoms with Gasteiger partial charge in [0, 0.05) is 12.1 Å². The third-order valence-corrected chi connectivity index (χ3v) is 4.35. The van der Waals surface area contributed by atoms with Crippen LogP contribution in [-0.4, -0.2) is 42.9 Å². The van der Waals surface area contributed by atoms with Crippen LogP contribution in [0.2, 0.25) is 0 Å². The van der Waals surface area contributed by atoms with Crippen LogP contribution in [0.1, 0.15) is 18.2 Å². The van der Waals surface area contributed by atoms with Crippen molar-refractivity contribution < 1.29 is 19.0 Å². The number of ether oxygens (including phenoxy) is 2. The fraction of sp³-hybridized carbons (Fsp3) is 0.304. The van der Waals surface area contributed by atoms with Gasteiger partial charge in [0.25, 0.3) is 0 Å². The van der Waals surface area contributed by atoms with E-state index in [-0.39, 0.29) is 37.2 Å². The zero-order valence-corrected chi connectivity index (χ0v) is 20.5. The summed E-state index contributed by atoms with van der Waals surface area (Å²) in [6, 6.07) is 15.4. The van der Waals surface area contributed by atoms with Gasteiger partial charge in [0.1, 0.15) is 12.9 Å². The summed E-state index contributed by atoms with van der Waals surface area (Å²) >= 11 is 0. The molecule has 0 amide bonds. The van der Waals surface area contributed by atoms with Crippen molar-refractivity contribution in [2.75, 3.05) is 26.9 Å². The number of aromatic nitrogens is 1. The van der Waals surface area contributed by atoms with E-state index in [1.54, 1.807) is 13.4 Å². The van der Waals surface area contributed by atoms with E-state index in [2.05, 4.69) is 20.6 Å². The molecule has 2 aromatic carbocycles. The van der Waals surface area contributed by atoms with Gasteiger partial charge in [0.15, 0.2) is 17.5 Å². The second kappa shape index (κ2) is 13.6. The standard InChI is InChI=1S/C23H28N4O4.HI/c1-3-24-23(25-14-17-9-10-20(30-12-11-28)21(13-17)29-2)26-15-19-16-31-22(27-19)18-7-5-4-6-8-18;/h4-10,13,16,28H,3,11-12,14-15H2,1-2H3,(H2,24,25,26);1H. The van der Waals surface area contributed by atoms with Crippen LogP contribution < -0.4 is 20.1 Å². The molecule has 0 bridgehead atoms. The van der Waals surface area contributed by atoms with Gasteiger partial charge in [0.05, 0.1) is 32.5 Å². The number of nitrogens with one attached hydrogen (secondary N) is 2. The minimum absolute atomic E-state index is 0. The molecule has 3 rings (SSSR count). The van der Waals surface area contributed by atoms with E-state index in [1.807, 2.05) is 55.5 Å². The van der Waals surface area contributed by atoms with Crippen molar-refractivity contribution in [2.24, 2.45) is 4.99 Å². The molecule has 0 saturated heterocycles. The molecule has 0 atom stereocenters. The number of aliphatic hydroxyl groups is 1. The number of rotatable bonds is 10. The smallest absolute Gasteiger partial charge is 0.226 e. The van der Waals surface area contributed by atoms with Crippen molar-refractivity contribution in [1.29, 1.82) is 0 Å². The predicted molar refractivity (Wildman–Crippen MR) is 135 cm³/mol. The molecule has 0 aliphatic carbocycles. The number of hydrogen-bond donors (Lipinski definition) is 3. The van der Waals surface area contributed by atoms with Crippen LogP contribution in [-0.2, 0) is 13.1 Å². The lowest BCUT2D eigenvalue weighted by atomic mass is 10.2. The Bertz CT molecular complexity index is 979. The zero-order chi connectivity index (χ0) is 21.9. The Morgan fingerprint density at radius 1 is 1.12 bits per heavy atom. The Balaban J connectivity index is 0.00000363. The van der Waals surface area contributed by atoms with Crippen LogP contribution in [0.3, 0.4) is 0 Å². The Morgan fingerprint density at radius 2 is 1.94 bits per heavy atom. The van der Waals surface area contributed by atoms with Crippen LogP contribution in [0.4, 0.5) is 0 Å². The SMILES string of the molecule is CCNC(=NCc1ccc(OCCO)c(OC)c1)NCc1coc(-c2ccccc2)n1.I. The summed E-state index contributed by atoms with van der Waals surface area (Å²) in [4.78, 5) is 9.16. The molecule has 32 heavy (non-hydrogen) atoms. The third-order valence-electron chi connectivity index (χ3n) is 4.35. The van der Waals surface area contributed by atoms with E-state index >= 15 is 0 Å². The third kappa shape index (κ3) is 7.41. The fourth-order valence-corrected chi connectivity index (χ4v) is 2.87. The highest BCUT2D eigenvalue weighted by Gasteiger charge is 2.08. The van der Waals surface area contributed by atoms with Crippen LogP contribution in [0.5, 0.6) is 11.5 Å². The highest BCUT2D eigenvalue weighted by molar-refractivity contribution is 14.0. The summed E-state index contributed by atoms with van der Waals surface area (Å²) in [5.41, 5.74) is 2.70. The Labute approximate surface area is 205 Å². The van der Waals surface area contributed by atoms with Crippen LogP contribution in [0.15, 0.2) is 64.2 Å². The maximum Gasteiger partial charge on any atom is 0.226 e. The van der Waals surface area contributed by atoms with E-state index < -0.39 is 0 Å². The summed E-state index contributed by atoms with van der Waals surface area (Å²) in [6.07, 6.45) is 1.65. The van der Waals surface area contributed by atoms with Gasteiger partial charge in [-0.3, -0.25) is 0 Å². The molecule has 1 aromatic heterocycles. The minimum atomic E-state index is -0.0503. The summed E-state index contributed by atoms with van der Waals surface area (Å²) in [6.45, 7) is 3.86. The van der Waals surface area contributed by atoms with Gasteiger partial charge >= 0.3 is 0 Å². The van der Waals surface area contributed by atoms with Gasteiger partial charge in [-0.2, -0.15) is 0 Å². The van der Waals surface area contributed by atoms with Gasteiger partial charge in [-0.05, 0) is 36.8 Å². The first kappa shape index (κ1) is 25.5. The highest BCUT2D eigenvalue weighted by atomic mass is 127. The minimum Gasteiger partial charge on any atom is -0.493 e. The summed E-state index contributed by atoms with van der Waals surface area (Å²) in [7, 11) is 1.58. The van der Waals surface area contributed by atoms with E-state index in [4.69, 9.17) is 19.0 Å². The summed E-state index contributed by atoms with van der Waals surface area (Å²) in [5, 5.41) is 15.4. The topological polar surface area (TPSA) is 101 Å². The average molecular weight is 552 g/mol. The number of hydrogen-bond acceptors (Lipinski definition) is 6. The van der Waals surface area contributed by atoms with Crippen molar-refractivity contribution in [3.05, 3.63) is 66.1 Å². The van der Waals surface area contributed by atoms with Gasteiger partial charge in [-0.1, -0.05) is 24.3 Å². The molecule has 172 valence electrons. The fourth-order valence-electron chi connectivity index (χ4n) is 2.87. The maximum absolute atomic E-state index is 8.93. The van der Waals surface area contributed by atoms with Gasteiger partial charge < -0.3 is 29.6 Å². The number of halogens is 1. The molecule has 0 radical (unpaired) electrons. The molecule has 0 saturated carbocycles. The number of methoxy groups -OCH3 is 1. The lowest BCUT2D eigenvalue weighted by Gasteiger charge is -2.12. The van der Waals surface area contributed by atoms with Crippen molar-refractivity contribution in [1.82, 2.24) is 15.6 Å². The largest absolute Gasteiger partial charge is 0.493 e. The van der Waals surface area contributed by atoms with Crippen molar-refractivity contribution in [2.45, 2.75) is 20.0 Å². The van der Waals surface area contributed by atoms with Crippen LogP contribution in [0.25, 0.3) is 11.5 Å². The Hall–Kier alpha value is -2.79. The quantitative estimate of drug-likeness (QED) is 0.201. The average Bonchev–Trinajstić information content (AvgIpc) is 3.29. The van der Waals surface area contributed by atoms with Crippen molar-refractivity contribution in [3.63, 3.8) is 0 Å². The Kier molecular flexibility index (Phi) is 10.8. The number of nitrogens with zero attached hydrogens (tertiary/aromatic N) is 2. The van der Waals surface area contributed by atoms with Crippen LogP contribution in [0, 0.1) is 0 Å². The molecular formula is C23H29IN4O4. The van der Waals surface area contributed by atoms with E-state index in [0.29, 0.717) is 36.4 Å². The van der Waals surface area contributed by atoms with Gasteiger partial charge in [-0.25, -0.2) is 9.98 Å². The van der Waals surface area contributed by atoms with Crippen molar-refractivity contribution in [3.8, 4) is 23.0 Å². The number of benzene rings is 2. The molecule has 0 aliphatic rings. The molecule has 8 nitrogen and oxygen atoms in total. The molecule has 0 unspecified atom stereocenters. The van der Waals surface area contributed by atoms with Gasteiger partial charge in [-0.15, -0.1) is 24.0 Å². The Morgan fingerprint density at radius 3 is 2.66 bits per heavy atom. The predicted octanol–water partition coefficient (Wildman–Crippen LogP) is 3.59. The first-order valence-electron chi connectivity index (χ1n) is 10.2. The zero-order valence-electron chi connectivity index (χ0n) is 18.2. The number of guanidine groups is 1. The lowest BCUT2D eigenvalue weighted by molar-refractivity contribution is 0.196. The summed E-state index contributed by atoms with van der Waals surface area (Å²) in [5.74, 6) is 2.46. The molecule has 3 N–H and O–H groups in total. The number of aliphatic imine (C=N–C) groups is 1. The van der Waals surface area contributed by atoms with E-state index in [1.165, 1.54) is 0 Å². The highest BCUT2D eigenvalue weighted by Crippen LogP contribution is 2.28. The second-order valence-corrected chi connectivity index (χ2v) is 6.62. The lowest BCUT2D eigenvalue weighted by Crippen LogP contribution is -2.36. The molecular weight excluding hydrogens is 523 g/mol. The first-order chi connectivity index (χ1) is 15.2.